The van der Waals surface area contributed by atoms with Crippen molar-refractivity contribution in [2.45, 2.75) is 6.92 Å². The standard InChI is InChI=1S/C19H16ClN3O2/c1-2-25-17-9-7-16(8-10-17)23-19(24)14-11-21-18(22-12-14)13-3-5-15(20)6-4-13/h3-12H,2H2,1H3,(H,23,24). The molecule has 126 valence electrons. The number of hydrogen-bond acceptors (Lipinski definition) is 4. The quantitative estimate of drug-likeness (QED) is 0.736. The fourth-order valence-electron chi connectivity index (χ4n) is 2.20. The van der Waals surface area contributed by atoms with Gasteiger partial charge in [-0.3, -0.25) is 4.79 Å². The van der Waals surface area contributed by atoms with Gasteiger partial charge in [0.1, 0.15) is 5.75 Å². The van der Waals surface area contributed by atoms with Crippen molar-refractivity contribution in [1.29, 1.82) is 0 Å². The highest BCUT2D eigenvalue weighted by molar-refractivity contribution is 6.30. The van der Waals surface area contributed by atoms with Gasteiger partial charge in [-0.25, -0.2) is 9.97 Å². The fraction of sp³-hybridized carbons (Fsp3) is 0.105. The Morgan fingerprint density at radius 1 is 1.04 bits per heavy atom. The first-order valence-electron chi connectivity index (χ1n) is 7.78. The van der Waals surface area contributed by atoms with Crippen molar-refractivity contribution in [1.82, 2.24) is 9.97 Å². The van der Waals surface area contributed by atoms with Crippen LogP contribution in [0.5, 0.6) is 5.75 Å². The second-order valence-corrected chi connectivity index (χ2v) is 5.65. The molecule has 0 radical (unpaired) electrons. The summed E-state index contributed by atoms with van der Waals surface area (Å²) in [4.78, 5) is 20.8. The number of ether oxygens (including phenoxy) is 1. The average Bonchev–Trinajstić information content (AvgIpc) is 2.64. The van der Waals surface area contributed by atoms with Gasteiger partial charge in [-0.15, -0.1) is 0 Å². The van der Waals surface area contributed by atoms with Crippen molar-refractivity contribution in [3.63, 3.8) is 0 Å². The van der Waals surface area contributed by atoms with Crippen LogP contribution >= 0.6 is 11.6 Å². The molecule has 3 rings (SSSR count). The number of amides is 1. The zero-order chi connectivity index (χ0) is 17.6. The third kappa shape index (κ3) is 4.33. The minimum absolute atomic E-state index is 0.271. The lowest BCUT2D eigenvalue weighted by Crippen LogP contribution is -2.12. The van der Waals surface area contributed by atoms with Gasteiger partial charge < -0.3 is 10.1 Å². The van der Waals surface area contributed by atoms with E-state index < -0.39 is 0 Å². The number of rotatable bonds is 5. The van der Waals surface area contributed by atoms with Crippen LogP contribution in [0, 0.1) is 0 Å². The Morgan fingerprint density at radius 2 is 1.68 bits per heavy atom. The Labute approximate surface area is 150 Å². The highest BCUT2D eigenvalue weighted by Crippen LogP contribution is 2.19. The number of aromatic nitrogens is 2. The number of nitrogens with zero attached hydrogens (tertiary/aromatic N) is 2. The van der Waals surface area contributed by atoms with Gasteiger partial charge in [0.25, 0.3) is 5.91 Å². The van der Waals surface area contributed by atoms with Gasteiger partial charge in [-0.1, -0.05) is 11.6 Å². The van der Waals surface area contributed by atoms with Crippen LogP contribution in [-0.4, -0.2) is 22.5 Å². The first-order valence-corrected chi connectivity index (χ1v) is 8.15. The van der Waals surface area contributed by atoms with E-state index in [4.69, 9.17) is 16.3 Å². The van der Waals surface area contributed by atoms with Crippen LogP contribution in [0.15, 0.2) is 60.9 Å². The van der Waals surface area contributed by atoms with Gasteiger partial charge >= 0.3 is 0 Å². The maximum absolute atomic E-state index is 12.3. The summed E-state index contributed by atoms with van der Waals surface area (Å²) < 4.78 is 5.37. The molecule has 0 unspecified atom stereocenters. The van der Waals surface area contributed by atoms with Crippen LogP contribution in [0.1, 0.15) is 17.3 Å². The summed E-state index contributed by atoms with van der Waals surface area (Å²) in [5, 5.41) is 3.45. The first-order chi connectivity index (χ1) is 12.2. The summed E-state index contributed by atoms with van der Waals surface area (Å²) in [6.07, 6.45) is 3.00. The van der Waals surface area contributed by atoms with E-state index in [0.29, 0.717) is 28.7 Å². The van der Waals surface area contributed by atoms with Crippen molar-refractivity contribution in [3.8, 4) is 17.1 Å². The molecule has 1 heterocycles. The molecule has 0 saturated heterocycles. The molecule has 1 amide bonds. The number of hydrogen-bond donors (Lipinski definition) is 1. The Morgan fingerprint density at radius 3 is 2.28 bits per heavy atom. The normalized spacial score (nSPS) is 10.3. The lowest BCUT2D eigenvalue weighted by molar-refractivity contribution is 0.102. The maximum Gasteiger partial charge on any atom is 0.258 e. The number of anilines is 1. The van der Waals surface area contributed by atoms with Gasteiger partial charge in [-0.2, -0.15) is 0 Å². The molecule has 25 heavy (non-hydrogen) atoms. The number of carbonyl (C=O) groups is 1. The van der Waals surface area contributed by atoms with Crippen LogP contribution in [0.4, 0.5) is 5.69 Å². The van der Waals surface area contributed by atoms with Gasteiger partial charge in [0.15, 0.2) is 5.82 Å². The molecule has 0 atom stereocenters. The predicted molar refractivity (Wildman–Crippen MR) is 98.0 cm³/mol. The predicted octanol–water partition coefficient (Wildman–Crippen LogP) is 4.45. The molecule has 1 N–H and O–H groups in total. The molecule has 0 saturated carbocycles. The van der Waals surface area contributed by atoms with E-state index in [9.17, 15) is 4.79 Å². The molecule has 0 aliphatic rings. The van der Waals surface area contributed by atoms with Crippen LogP contribution in [0.2, 0.25) is 5.02 Å². The van der Waals surface area contributed by atoms with Crippen LogP contribution in [0.3, 0.4) is 0 Å². The Kier molecular flexibility index (Phi) is 5.26. The summed E-state index contributed by atoms with van der Waals surface area (Å²) in [5.74, 6) is 1.03. The summed E-state index contributed by atoms with van der Waals surface area (Å²) in [5.41, 5.74) is 1.89. The van der Waals surface area contributed by atoms with E-state index >= 15 is 0 Å². The molecule has 0 aliphatic carbocycles. The van der Waals surface area contributed by atoms with Crippen molar-refractivity contribution in [3.05, 3.63) is 71.5 Å². The summed E-state index contributed by atoms with van der Waals surface area (Å²) in [6.45, 7) is 2.52. The molecule has 5 nitrogen and oxygen atoms in total. The topological polar surface area (TPSA) is 64.1 Å². The van der Waals surface area contributed by atoms with Crippen LogP contribution in [0.25, 0.3) is 11.4 Å². The van der Waals surface area contributed by atoms with E-state index in [2.05, 4.69) is 15.3 Å². The summed E-state index contributed by atoms with van der Waals surface area (Å²) in [6, 6.07) is 14.4. The zero-order valence-corrected chi connectivity index (χ0v) is 14.3. The highest BCUT2D eigenvalue weighted by Gasteiger charge is 2.09. The van der Waals surface area contributed by atoms with Crippen LogP contribution < -0.4 is 10.1 Å². The summed E-state index contributed by atoms with van der Waals surface area (Å²) in [7, 11) is 0. The van der Waals surface area contributed by atoms with Gasteiger partial charge in [0.05, 0.1) is 12.2 Å². The van der Waals surface area contributed by atoms with Crippen molar-refractivity contribution in [2.24, 2.45) is 0 Å². The van der Waals surface area contributed by atoms with E-state index in [-0.39, 0.29) is 5.91 Å². The SMILES string of the molecule is CCOc1ccc(NC(=O)c2cnc(-c3ccc(Cl)cc3)nc2)cc1. The molecule has 0 spiro atoms. The van der Waals surface area contributed by atoms with Crippen LogP contribution in [-0.2, 0) is 0 Å². The minimum Gasteiger partial charge on any atom is -0.494 e. The molecular weight excluding hydrogens is 338 g/mol. The molecular formula is C19H16ClN3O2. The third-order valence-corrected chi connectivity index (χ3v) is 3.69. The van der Waals surface area contributed by atoms with E-state index in [1.165, 1.54) is 12.4 Å². The van der Waals surface area contributed by atoms with Crippen molar-refractivity contribution < 1.29 is 9.53 Å². The molecule has 3 aromatic rings. The van der Waals surface area contributed by atoms with Gasteiger partial charge in [0.2, 0.25) is 0 Å². The molecule has 2 aromatic carbocycles. The molecule has 1 aromatic heterocycles. The average molecular weight is 354 g/mol. The molecule has 6 heteroatoms. The van der Waals surface area contributed by atoms with E-state index in [1.54, 1.807) is 36.4 Å². The third-order valence-electron chi connectivity index (χ3n) is 3.44. The monoisotopic (exact) mass is 353 g/mol. The Hall–Kier alpha value is -2.92. The maximum atomic E-state index is 12.3. The lowest BCUT2D eigenvalue weighted by atomic mass is 10.2. The Bertz CT molecular complexity index is 847. The second kappa shape index (κ2) is 7.77. The zero-order valence-electron chi connectivity index (χ0n) is 13.6. The number of carbonyl (C=O) groups excluding carboxylic acids is 1. The minimum atomic E-state index is -0.271. The Balaban J connectivity index is 1.69. The summed E-state index contributed by atoms with van der Waals surface area (Å²) >= 11 is 5.87. The molecule has 0 bridgehead atoms. The second-order valence-electron chi connectivity index (χ2n) is 5.21. The number of benzene rings is 2. The highest BCUT2D eigenvalue weighted by atomic mass is 35.5. The van der Waals surface area contributed by atoms with Gasteiger partial charge in [-0.05, 0) is 55.5 Å². The molecule has 0 aliphatic heterocycles. The van der Waals surface area contributed by atoms with E-state index in [0.717, 1.165) is 11.3 Å². The van der Waals surface area contributed by atoms with Gasteiger partial charge in [0, 0.05) is 28.7 Å². The van der Waals surface area contributed by atoms with Crippen molar-refractivity contribution >= 4 is 23.2 Å². The fourth-order valence-corrected chi connectivity index (χ4v) is 2.32. The van der Waals surface area contributed by atoms with Crippen molar-refractivity contribution in [2.75, 3.05) is 11.9 Å². The first kappa shape index (κ1) is 16.9. The van der Waals surface area contributed by atoms with E-state index in [1.807, 2.05) is 19.1 Å². The number of halogens is 1. The number of nitrogens with one attached hydrogen (secondary N) is 1. The lowest BCUT2D eigenvalue weighted by Gasteiger charge is -2.07. The largest absolute Gasteiger partial charge is 0.494 e. The molecule has 0 fully saturated rings. The smallest absolute Gasteiger partial charge is 0.258 e.